The molecule has 1 aliphatic carbocycles. The van der Waals surface area contributed by atoms with E-state index in [9.17, 15) is 0 Å². The largest absolute Gasteiger partial charge is 0.126 e. The smallest absolute Gasteiger partial charge is 0.0922 e. The molecule has 1 atom stereocenters. The minimum absolute atomic E-state index is 0.00868. The second kappa shape index (κ2) is 3.36. The van der Waals surface area contributed by atoms with Crippen LogP contribution < -0.4 is 0 Å². The highest BCUT2D eigenvalue weighted by Crippen LogP contribution is 2.73. The molecule has 11 heavy (non-hydrogen) atoms. The Bertz CT molecular complexity index is 155. The number of hydrogen-bond donors (Lipinski definition) is 0. The van der Waals surface area contributed by atoms with Crippen molar-refractivity contribution >= 4 is 55.1 Å². The first-order valence-electron chi connectivity index (χ1n) is 3.56. The van der Waals surface area contributed by atoms with Crippen molar-refractivity contribution in [2.24, 2.45) is 11.3 Å². The molecule has 0 heterocycles. The highest BCUT2D eigenvalue weighted by atomic mass is 79.9. The number of hydrogen-bond acceptors (Lipinski definition) is 0. The maximum Gasteiger partial charge on any atom is 0.0922 e. The van der Waals surface area contributed by atoms with E-state index < -0.39 is 0 Å². The maximum absolute atomic E-state index is 5.87. The Labute approximate surface area is 94.3 Å². The summed E-state index contributed by atoms with van der Waals surface area (Å²) in [6.45, 7) is 2.16. The Morgan fingerprint density at radius 1 is 1.27 bits per heavy atom. The third-order valence-corrected chi connectivity index (χ3v) is 6.21. The van der Waals surface area contributed by atoms with Crippen molar-refractivity contribution < 1.29 is 0 Å². The van der Waals surface area contributed by atoms with Crippen molar-refractivity contribution in [3.8, 4) is 0 Å². The Morgan fingerprint density at radius 2 is 1.73 bits per heavy atom. The first kappa shape index (κ1) is 10.6. The molecule has 1 aliphatic rings. The normalized spacial score (nSPS) is 31.9. The summed E-state index contributed by atoms with van der Waals surface area (Å²) >= 11 is 18.9. The Hall–Kier alpha value is 1.54. The first-order chi connectivity index (χ1) is 5.06. The van der Waals surface area contributed by atoms with Gasteiger partial charge in [0.2, 0.25) is 0 Å². The Morgan fingerprint density at radius 3 is 1.82 bits per heavy atom. The SMILES string of the molecule is CCC1C(Br)(Br)C1(CCl)CCl. The lowest BCUT2D eigenvalue weighted by atomic mass is 10.1. The summed E-state index contributed by atoms with van der Waals surface area (Å²) in [6, 6.07) is 0. The second-order valence-electron chi connectivity index (χ2n) is 3.01. The molecule has 1 saturated carbocycles. The average molecular weight is 325 g/mol. The highest BCUT2D eigenvalue weighted by molar-refractivity contribution is 9.25. The summed E-state index contributed by atoms with van der Waals surface area (Å²) < 4.78 is -0.00868. The lowest BCUT2D eigenvalue weighted by Crippen LogP contribution is -2.13. The molecular formula is C7H10Br2Cl2. The van der Waals surface area contributed by atoms with Crippen molar-refractivity contribution in [3.05, 3.63) is 0 Å². The fourth-order valence-electron chi connectivity index (χ4n) is 1.64. The van der Waals surface area contributed by atoms with Gasteiger partial charge in [0.1, 0.15) is 0 Å². The minimum atomic E-state index is -0.00868. The predicted molar refractivity (Wildman–Crippen MR) is 58.2 cm³/mol. The van der Waals surface area contributed by atoms with Gasteiger partial charge in [-0.2, -0.15) is 0 Å². The lowest BCUT2D eigenvalue weighted by molar-refractivity contribution is 0.562. The third kappa shape index (κ3) is 1.29. The van der Waals surface area contributed by atoms with E-state index in [0.717, 1.165) is 6.42 Å². The van der Waals surface area contributed by atoms with Crippen LogP contribution in [0.15, 0.2) is 0 Å². The molecule has 1 rings (SSSR count). The van der Waals surface area contributed by atoms with Crippen molar-refractivity contribution in [1.29, 1.82) is 0 Å². The molecule has 4 heteroatoms. The van der Waals surface area contributed by atoms with E-state index in [1.165, 1.54) is 0 Å². The molecule has 1 fully saturated rings. The Kier molecular flexibility index (Phi) is 3.24. The summed E-state index contributed by atoms with van der Waals surface area (Å²) in [6.07, 6.45) is 1.11. The van der Waals surface area contributed by atoms with Crippen LogP contribution in [0, 0.1) is 11.3 Å². The summed E-state index contributed by atoms with van der Waals surface area (Å²) in [5.41, 5.74) is 0.0604. The molecule has 0 aromatic heterocycles. The van der Waals surface area contributed by atoms with E-state index >= 15 is 0 Å². The average Bonchev–Trinajstić information content (AvgIpc) is 2.47. The number of rotatable bonds is 3. The molecule has 0 nitrogen and oxygen atoms in total. The van der Waals surface area contributed by atoms with E-state index in [0.29, 0.717) is 17.7 Å². The zero-order valence-corrected chi connectivity index (χ0v) is 10.9. The molecule has 0 N–H and O–H groups in total. The van der Waals surface area contributed by atoms with Gasteiger partial charge in [-0.15, -0.1) is 23.2 Å². The molecule has 0 radical (unpaired) electrons. The first-order valence-corrected chi connectivity index (χ1v) is 6.22. The van der Waals surface area contributed by atoms with E-state index in [4.69, 9.17) is 23.2 Å². The topological polar surface area (TPSA) is 0 Å². The van der Waals surface area contributed by atoms with Crippen molar-refractivity contribution in [1.82, 2.24) is 0 Å². The summed E-state index contributed by atoms with van der Waals surface area (Å²) in [5, 5.41) is 0. The van der Waals surface area contributed by atoms with Crippen LogP contribution in [0.3, 0.4) is 0 Å². The number of halogens is 4. The van der Waals surface area contributed by atoms with Gasteiger partial charge in [0, 0.05) is 17.2 Å². The summed E-state index contributed by atoms with van der Waals surface area (Å²) in [5.74, 6) is 1.79. The zero-order chi connectivity index (χ0) is 8.70. The molecule has 0 aromatic carbocycles. The van der Waals surface area contributed by atoms with Crippen LogP contribution in [0.25, 0.3) is 0 Å². The summed E-state index contributed by atoms with van der Waals surface area (Å²) in [7, 11) is 0. The van der Waals surface area contributed by atoms with Crippen LogP contribution in [-0.4, -0.2) is 15.0 Å². The molecule has 0 bridgehead atoms. The molecule has 1 unspecified atom stereocenters. The van der Waals surface area contributed by atoms with Gasteiger partial charge in [0.25, 0.3) is 0 Å². The molecule has 0 saturated heterocycles. The fraction of sp³-hybridized carbons (Fsp3) is 1.00. The van der Waals surface area contributed by atoms with Crippen molar-refractivity contribution in [3.63, 3.8) is 0 Å². The van der Waals surface area contributed by atoms with E-state index in [1.54, 1.807) is 0 Å². The van der Waals surface area contributed by atoms with E-state index in [1.807, 2.05) is 0 Å². The van der Waals surface area contributed by atoms with Crippen LogP contribution in [0.4, 0.5) is 0 Å². The van der Waals surface area contributed by atoms with E-state index in [2.05, 4.69) is 38.8 Å². The molecule has 66 valence electrons. The quantitative estimate of drug-likeness (QED) is 0.689. The molecule has 0 aromatic rings. The van der Waals surface area contributed by atoms with Crippen LogP contribution in [0.5, 0.6) is 0 Å². The standard InChI is InChI=1S/C7H10Br2Cl2/c1-2-5-6(3-10,4-11)7(5,8)9/h5H,2-4H2,1H3. The second-order valence-corrected chi connectivity index (χ2v) is 7.11. The van der Waals surface area contributed by atoms with Crippen molar-refractivity contribution in [2.45, 2.75) is 16.6 Å². The van der Waals surface area contributed by atoms with Crippen molar-refractivity contribution in [2.75, 3.05) is 11.8 Å². The van der Waals surface area contributed by atoms with E-state index in [-0.39, 0.29) is 8.65 Å². The van der Waals surface area contributed by atoms with Gasteiger partial charge in [-0.1, -0.05) is 45.2 Å². The Balaban J connectivity index is 2.74. The predicted octanol–water partition coefficient (Wildman–Crippen LogP) is 3.98. The van der Waals surface area contributed by atoms with Crippen LogP contribution in [-0.2, 0) is 0 Å². The van der Waals surface area contributed by atoms with Crippen LogP contribution in [0.1, 0.15) is 13.3 Å². The van der Waals surface area contributed by atoms with Gasteiger partial charge in [-0.3, -0.25) is 0 Å². The fourth-order valence-corrected chi connectivity index (χ4v) is 5.77. The maximum atomic E-state index is 5.87. The third-order valence-electron chi connectivity index (χ3n) is 2.57. The van der Waals surface area contributed by atoms with Gasteiger partial charge in [-0.25, -0.2) is 0 Å². The summed E-state index contributed by atoms with van der Waals surface area (Å²) in [4.78, 5) is 0. The molecule has 0 amide bonds. The van der Waals surface area contributed by atoms with Crippen LogP contribution in [0.2, 0.25) is 0 Å². The van der Waals surface area contributed by atoms with Gasteiger partial charge < -0.3 is 0 Å². The monoisotopic (exact) mass is 322 g/mol. The zero-order valence-electron chi connectivity index (χ0n) is 6.21. The molecular weight excluding hydrogens is 315 g/mol. The van der Waals surface area contributed by atoms with Gasteiger partial charge in [0.05, 0.1) is 3.23 Å². The van der Waals surface area contributed by atoms with Gasteiger partial charge >= 0.3 is 0 Å². The van der Waals surface area contributed by atoms with Gasteiger partial charge in [-0.05, 0) is 5.92 Å². The van der Waals surface area contributed by atoms with Crippen LogP contribution >= 0.6 is 55.1 Å². The van der Waals surface area contributed by atoms with Gasteiger partial charge in [0.15, 0.2) is 0 Å². The minimum Gasteiger partial charge on any atom is -0.126 e. The highest BCUT2D eigenvalue weighted by Gasteiger charge is 2.72. The molecule has 0 aliphatic heterocycles. The number of alkyl halides is 4. The molecule has 0 spiro atoms. The lowest BCUT2D eigenvalue weighted by Gasteiger charge is -2.09.